The number of methoxy groups -OCH3 is 3. The van der Waals surface area contributed by atoms with Gasteiger partial charge in [-0.05, 0) is 64.6 Å². The van der Waals surface area contributed by atoms with Crippen LogP contribution in [0.3, 0.4) is 0 Å². The van der Waals surface area contributed by atoms with E-state index in [4.69, 9.17) is 42.1 Å². The van der Waals surface area contributed by atoms with Crippen molar-refractivity contribution in [2.45, 2.75) is 6.61 Å². The Morgan fingerprint density at radius 1 is 1.00 bits per heavy atom. The van der Waals surface area contributed by atoms with Gasteiger partial charge in [0.1, 0.15) is 18.1 Å². The van der Waals surface area contributed by atoms with Crippen molar-refractivity contribution in [2.75, 3.05) is 21.3 Å². The fraction of sp³-hybridized carbons (Fsp3) is 0.167. The van der Waals surface area contributed by atoms with E-state index in [1.54, 1.807) is 43.5 Å². The van der Waals surface area contributed by atoms with Crippen LogP contribution in [-0.2, 0) is 6.61 Å². The molecule has 0 aliphatic rings. The van der Waals surface area contributed by atoms with E-state index in [-0.39, 0.29) is 6.61 Å². The Bertz CT molecular complexity index is 1220. The molecular formula is C24H21Cl2IN2O5. The monoisotopic (exact) mass is 614 g/mol. The summed E-state index contributed by atoms with van der Waals surface area (Å²) in [5.41, 5.74) is 4.33. The van der Waals surface area contributed by atoms with Gasteiger partial charge in [0.25, 0.3) is 5.91 Å². The Morgan fingerprint density at radius 2 is 1.76 bits per heavy atom. The molecule has 10 heteroatoms. The molecule has 0 heterocycles. The number of ether oxygens (including phenoxy) is 4. The third-order valence-electron chi connectivity index (χ3n) is 4.67. The summed E-state index contributed by atoms with van der Waals surface area (Å²) >= 11 is 14.3. The third kappa shape index (κ3) is 6.46. The smallest absolute Gasteiger partial charge is 0.275 e. The highest BCUT2D eigenvalue weighted by atomic mass is 127. The molecule has 7 nitrogen and oxygen atoms in total. The number of carbonyl (C=O) groups is 1. The Balaban J connectivity index is 1.72. The number of carbonyl (C=O) groups excluding carboxylic acids is 1. The first kappa shape index (κ1) is 25.9. The summed E-state index contributed by atoms with van der Waals surface area (Å²) < 4.78 is 22.7. The lowest BCUT2D eigenvalue weighted by molar-refractivity contribution is 0.0952. The van der Waals surface area contributed by atoms with Crippen molar-refractivity contribution in [2.24, 2.45) is 5.10 Å². The minimum Gasteiger partial charge on any atom is -0.497 e. The predicted molar refractivity (Wildman–Crippen MR) is 141 cm³/mol. The van der Waals surface area contributed by atoms with Crippen LogP contribution in [0.4, 0.5) is 0 Å². The normalized spacial score (nSPS) is 10.8. The van der Waals surface area contributed by atoms with E-state index >= 15 is 0 Å². The molecule has 1 N–H and O–H groups in total. The van der Waals surface area contributed by atoms with Gasteiger partial charge in [0, 0.05) is 21.7 Å². The Morgan fingerprint density at radius 3 is 2.44 bits per heavy atom. The van der Waals surface area contributed by atoms with Crippen LogP contribution >= 0.6 is 45.8 Å². The highest BCUT2D eigenvalue weighted by Crippen LogP contribution is 2.35. The summed E-state index contributed by atoms with van der Waals surface area (Å²) in [6.07, 6.45) is 1.51. The second-order valence-corrected chi connectivity index (χ2v) is 8.83. The minimum atomic E-state index is -0.419. The first-order chi connectivity index (χ1) is 16.4. The number of amides is 1. The van der Waals surface area contributed by atoms with Gasteiger partial charge in [-0.1, -0.05) is 29.3 Å². The van der Waals surface area contributed by atoms with E-state index in [2.05, 4.69) is 33.1 Å². The van der Waals surface area contributed by atoms with Crippen molar-refractivity contribution < 1.29 is 23.7 Å². The quantitative estimate of drug-likeness (QED) is 0.183. The average molecular weight is 615 g/mol. The Kier molecular flexibility index (Phi) is 9.26. The van der Waals surface area contributed by atoms with Crippen molar-refractivity contribution in [3.8, 4) is 23.0 Å². The lowest BCUT2D eigenvalue weighted by Gasteiger charge is -2.14. The molecule has 3 aromatic rings. The number of nitrogens with zero attached hydrogens (tertiary/aromatic N) is 1. The first-order valence-electron chi connectivity index (χ1n) is 9.86. The lowest BCUT2D eigenvalue weighted by atomic mass is 10.2. The fourth-order valence-corrected chi connectivity index (χ4v) is 4.20. The van der Waals surface area contributed by atoms with Crippen LogP contribution in [0, 0.1) is 3.57 Å². The van der Waals surface area contributed by atoms with Crippen molar-refractivity contribution in [1.82, 2.24) is 5.43 Å². The number of nitrogens with one attached hydrogen (secondary N) is 1. The van der Waals surface area contributed by atoms with Crippen molar-refractivity contribution in [1.29, 1.82) is 0 Å². The number of hydrogen-bond acceptors (Lipinski definition) is 6. The largest absolute Gasteiger partial charge is 0.497 e. The second kappa shape index (κ2) is 12.1. The summed E-state index contributed by atoms with van der Waals surface area (Å²) in [7, 11) is 4.57. The summed E-state index contributed by atoms with van der Waals surface area (Å²) in [4.78, 5) is 12.5. The highest BCUT2D eigenvalue weighted by Gasteiger charge is 2.14. The molecule has 0 spiro atoms. The van der Waals surface area contributed by atoms with Crippen LogP contribution in [0.15, 0.2) is 53.6 Å². The molecule has 0 aliphatic heterocycles. The van der Waals surface area contributed by atoms with Gasteiger partial charge in [0.05, 0.1) is 36.7 Å². The lowest BCUT2D eigenvalue weighted by Crippen LogP contribution is -2.18. The fourth-order valence-electron chi connectivity index (χ4n) is 2.95. The van der Waals surface area contributed by atoms with Crippen molar-refractivity contribution >= 4 is 57.9 Å². The zero-order valence-electron chi connectivity index (χ0n) is 18.5. The van der Waals surface area contributed by atoms with Gasteiger partial charge in [-0.2, -0.15) is 5.10 Å². The zero-order valence-corrected chi connectivity index (χ0v) is 22.2. The molecule has 0 aromatic heterocycles. The molecule has 34 heavy (non-hydrogen) atoms. The zero-order chi connectivity index (χ0) is 24.7. The van der Waals surface area contributed by atoms with E-state index in [0.29, 0.717) is 44.2 Å². The molecule has 1 amide bonds. The molecule has 0 atom stereocenters. The highest BCUT2D eigenvalue weighted by molar-refractivity contribution is 14.1. The molecule has 0 aliphatic carbocycles. The van der Waals surface area contributed by atoms with Crippen LogP contribution in [0.5, 0.6) is 23.0 Å². The Labute approximate surface area is 221 Å². The summed E-state index contributed by atoms with van der Waals surface area (Å²) in [6, 6.07) is 13.7. The van der Waals surface area contributed by atoms with Crippen molar-refractivity contribution in [3.63, 3.8) is 0 Å². The van der Waals surface area contributed by atoms with Gasteiger partial charge in [-0.15, -0.1) is 0 Å². The van der Waals surface area contributed by atoms with Gasteiger partial charge in [0.15, 0.2) is 11.5 Å². The van der Waals surface area contributed by atoms with Gasteiger partial charge in [-0.3, -0.25) is 4.79 Å². The summed E-state index contributed by atoms with van der Waals surface area (Å²) in [5.74, 6) is 1.63. The van der Waals surface area contributed by atoms with Crippen LogP contribution < -0.4 is 24.4 Å². The van der Waals surface area contributed by atoms with Gasteiger partial charge in [0.2, 0.25) is 0 Å². The van der Waals surface area contributed by atoms with Gasteiger partial charge < -0.3 is 18.9 Å². The van der Waals surface area contributed by atoms with E-state index in [0.717, 1.165) is 9.13 Å². The molecule has 0 saturated carbocycles. The van der Waals surface area contributed by atoms with Crippen LogP contribution in [-0.4, -0.2) is 33.5 Å². The van der Waals surface area contributed by atoms with Gasteiger partial charge in [-0.25, -0.2) is 5.43 Å². The maximum atomic E-state index is 12.5. The number of halogens is 3. The molecule has 0 bridgehead atoms. The minimum absolute atomic E-state index is 0.246. The van der Waals surface area contributed by atoms with Crippen LogP contribution in [0.25, 0.3) is 0 Å². The molecule has 0 fully saturated rings. The van der Waals surface area contributed by atoms with E-state index in [1.165, 1.54) is 20.4 Å². The molecule has 3 rings (SSSR count). The third-order valence-corrected chi connectivity index (χ3v) is 6.06. The molecule has 3 aromatic carbocycles. The molecule has 0 unspecified atom stereocenters. The van der Waals surface area contributed by atoms with Crippen molar-refractivity contribution in [3.05, 3.63) is 78.8 Å². The molecule has 178 valence electrons. The van der Waals surface area contributed by atoms with Gasteiger partial charge >= 0.3 is 0 Å². The van der Waals surface area contributed by atoms with Crippen LogP contribution in [0.1, 0.15) is 21.5 Å². The SMILES string of the molecule is COc1ccc(C(=O)N/N=C\c2cc(I)c(OCc3ccc(Cl)cc3Cl)c(OC)c2)c(OC)c1. The first-order valence-corrected chi connectivity index (χ1v) is 11.7. The predicted octanol–water partition coefficient (Wildman–Crippen LogP) is 5.97. The number of hydrogen-bond donors (Lipinski definition) is 1. The Hall–Kier alpha value is -2.69. The number of hydrazone groups is 1. The standard InChI is InChI=1S/C24H21Cl2IN2O5/c1-31-17-6-7-18(21(11-17)32-2)24(30)29-28-12-14-8-20(27)23(22(9-14)33-3)34-13-15-4-5-16(25)10-19(15)26/h4-12H,13H2,1-3H3,(H,29,30)/b28-12-. The topological polar surface area (TPSA) is 78.4 Å². The summed E-state index contributed by atoms with van der Waals surface area (Å²) in [5, 5.41) is 5.13. The number of rotatable bonds is 9. The van der Waals surface area contributed by atoms with E-state index in [1.807, 2.05) is 12.1 Å². The summed E-state index contributed by atoms with van der Waals surface area (Å²) in [6.45, 7) is 0.246. The average Bonchev–Trinajstić information content (AvgIpc) is 2.83. The molecule has 0 saturated heterocycles. The second-order valence-electron chi connectivity index (χ2n) is 6.82. The van der Waals surface area contributed by atoms with E-state index in [9.17, 15) is 4.79 Å². The van der Waals surface area contributed by atoms with E-state index < -0.39 is 5.91 Å². The molecule has 0 radical (unpaired) electrons. The maximum absolute atomic E-state index is 12.5. The molecular weight excluding hydrogens is 594 g/mol. The maximum Gasteiger partial charge on any atom is 0.275 e. The number of benzene rings is 3. The van der Waals surface area contributed by atoms with Crippen LogP contribution in [0.2, 0.25) is 10.0 Å².